The van der Waals surface area contributed by atoms with Gasteiger partial charge in [0.05, 0.1) is 0 Å². The van der Waals surface area contributed by atoms with Gasteiger partial charge in [-0.2, -0.15) is 0 Å². The number of hydrogen-bond donors (Lipinski definition) is 1. The average molecular weight is 196 g/mol. The van der Waals surface area contributed by atoms with Gasteiger partial charge in [0.2, 0.25) is 0 Å². The molecular formula is C10H10ClNO. The summed E-state index contributed by atoms with van der Waals surface area (Å²) in [4.78, 5) is 11.3. The van der Waals surface area contributed by atoms with Crippen LogP contribution in [0.2, 0.25) is 5.02 Å². The maximum Gasteiger partial charge on any atom is 0.139 e. The standard InChI is InChI=1S/C10H10ClNO/c11-8-1-2-10-7(5-8)6-9(13)3-4-12-10/h1-2,5,12H,3-4,6H2. The van der Waals surface area contributed by atoms with Gasteiger partial charge in [-0.15, -0.1) is 0 Å². The van der Waals surface area contributed by atoms with Crippen molar-refractivity contribution >= 4 is 23.1 Å². The van der Waals surface area contributed by atoms with E-state index in [1.165, 1.54) is 0 Å². The number of benzene rings is 1. The summed E-state index contributed by atoms with van der Waals surface area (Å²) >= 11 is 5.84. The Bertz CT molecular complexity index is 349. The third-order valence-corrected chi connectivity index (χ3v) is 2.41. The molecule has 0 amide bonds. The maximum atomic E-state index is 11.3. The van der Waals surface area contributed by atoms with E-state index in [-0.39, 0.29) is 5.78 Å². The lowest BCUT2D eigenvalue weighted by molar-refractivity contribution is -0.118. The Morgan fingerprint density at radius 3 is 3.08 bits per heavy atom. The van der Waals surface area contributed by atoms with Gasteiger partial charge < -0.3 is 5.32 Å². The van der Waals surface area contributed by atoms with Crippen LogP contribution in [0.1, 0.15) is 12.0 Å². The lowest BCUT2D eigenvalue weighted by Crippen LogP contribution is -2.03. The van der Waals surface area contributed by atoms with Crippen LogP contribution in [0, 0.1) is 0 Å². The first-order valence-corrected chi connectivity index (χ1v) is 4.67. The van der Waals surface area contributed by atoms with Gasteiger partial charge in [-0.3, -0.25) is 4.79 Å². The molecule has 1 heterocycles. The molecule has 1 aliphatic heterocycles. The molecule has 1 aromatic carbocycles. The molecule has 3 heteroatoms. The number of Topliss-reactive ketones (excluding diaryl/α,β-unsaturated/α-hetero) is 1. The van der Waals surface area contributed by atoms with Crippen LogP contribution in [-0.4, -0.2) is 12.3 Å². The van der Waals surface area contributed by atoms with E-state index in [1.54, 1.807) is 0 Å². The number of hydrogen-bond acceptors (Lipinski definition) is 2. The second-order valence-corrected chi connectivity index (χ2v) is 3.63. The molecule has 2 nitrogen and oxygen atoms in total. The molecule has 1 aromatic rings. The molecule has 13 heavy (non-hydrogen) atoms. The van der Waals surface area contributed by atoms with Crippen molar-refractivity contribution in [3.05, 3.63) is 28.8 Å². The van der Waals surface area contributed by atoms with E-state index in [2.05, 4.69) is 5.32 Å². The highest BCUT2D eigenvalue weighted by molar-refractivity contribution is 6.30. The molecule has 0 unspecified atom stereocenters. The predicted molar refractivity (Wildman–Crippen MR) is 53.3 cm³/mol. The van der Waals surface area contributed by atoms with Crippen LogP contribution in [0.5, 0.6) is 0 Å². The third kappa shape index (κ3) is 1.83. The predicted octanol–water partition coefficient (Wildman–Crippen LogP) is 2.27. The number of anilines is 1. The highest BCUT2D eigenvalue weighted by Crippen LogP contribution is 2.23. The molecule has 1 N–H and O–H groups in total. The van der Waals surface area contributed by atoms with Crippen LogP contribution in [-0.2, 0) is 11.2 Å². The number of halogens is 1. The Kier molecular flexibility index (Phi) is 2.23. The van der Waals surface area contributed by atoms with E-state index < -0.39 is 0 Å². The van der Waals surface area contributed by atoms with Crippen LogP contribution in [0.25, 0.3) is 0 Å². The molecular weight excluding hydrogens is 186 g/mol. The molecule has 68 valence electrons. The highest BCUT2D eigenvalue weighted by atomic mass is 35.5. The molecule has 0 fully saturated rings. The SMILES string of the molecule is O=C1CCNc2ccc(Cl)cc2C1. The first kappa shape index (κ1) is 8.57. The number of ketones is 1. The van der Waals surface area contributed by atoms with Crippen molar-refractivity contribution < 1.29 is 4.79 Å². The van der Waals surface area contributed by atoms with Crippen molar-refractivity contribution in [3.63, 3.8) is 0 Å². The molecule has 0 bridgehead atoms. The largest absolute Gasteiger partial charge is 0.384 e. The summed E-state index contributed by atoms with van der Waals surface area (Å²) in [7, 11) is 0. The fourth-order valence-electron chi connectivity index (χ4n) is 1.52. The van der Waals surface area contributed by atoms with Crippen molar-refractivity contribution in [2.45, 2.75) is 12.8 Å². The van der Waals surface area contributed by atoms with Crippen LogP contribution in [0.3, 0.4) is 0 Å². The van der Waals surface area contributed by atoms with E-state index in [1.807, 2.05) is 18.2 Å². The van der Waals surface area contributed by atoms with Crippen molar-refractivity contribution in [3.8, 4) is 0 Å². The molecule has 0 aliphatic carbocycles. The lowest BCUT2D eigenvalue weighted by Gasteiger charge is -2.06. The van der Waals surface area contributed by atoms with Gasteiger partial charge in [0.15, 0.2) is 0 Å². The number of rotatable bonds is 0. The van der Waals surface area contributed by atoms with Gasteiger partial charge in [0.25, 0.3) is 0 Å². The van der Waals surface area contributed by atoms with E-state index in [0.29, 0.717) is 17.9 Å². The fraction of sp³-hybridized carbons (Fsp3) is 0.300. The minimum atomic E-state index is 0.272. The second kappa shape index (κ2) is 3.38. The van der Waals surface area contributed by atoms with Gasteiger partial charge in [-0.05, 0) is 23.8 Å². The normalized spacial score (nSPS) is 15.9. The number of carbonyl (C=O) groups is 1. The molecule has 2 rings (SSSR count). The van der Waals surface area contributed by atoms with Crippen molar-refractivity contribution in [2.24, 2.45) is 0 Å². The number of nitrogens with one attached hydrogen (secondary N) is 1. The monoisotopic (exact) mass is 195 g/mol. The van der Waals surface area contributed by atoms with Crippen molar-refractivity contribution in [1.29, 1.82) is 0 Å². The third-order valence-electron chi connectivity index (χ3n) is 2.17. The smallest absolute Gasteiger partial charge is 0.139 e. The number of carbonyl (C=O) groups excluding carboxylic acids is 1. The van der Waals surface area contributed by atoms with E-state index in [4.69, 9.17) is 11.6 Å². The Morgan fingerprint density at radius 1 is 1.38 bits per heavy atom. The molecule has 0 saturated carbocycles. The summed E-state index contributed by atoms with van der Waals surface area (Å²) < 4.78 is 0. The zero-order valence-electron chi connectivity index (χ0n) is 7.14. The first-order valence-electron chi connectivity index (χ1n) is 4.30. The number of fused-ring (bicyclic) bond motifs is 1. The Hall–Kier alpha value is -1.02. The van der Waals surface area contributed by atoms with Crippen LogP contribution in [0.4, 0.5) is 5.69 Å². The van der Waals surface area contributed by atoms with Crippen molar-refractivity contribution in [1.82, 2.24) is 0 Å². The first-order chi connectivity index (χ1) is 6.25. The topological polar surface area (TPSA) is 29.1 Å². The molecule has 0 atom stereocenters. The van der Waals surface area contributed by atoms with E-state index in [0.717, 1.165) is 17.8 Å². The van der Waals surface area contributed by atoms with E-state index in [9.17, 15) is 4.79 Å². The highest BCUT2D eigenvalue weighted by Gasteiger charge is 2.12. The lowest BCUT2D eigenvalue weighted by atomic mass is 10.1. The molecule has 0 saturated heterocycles. The van der Waals surface area contributed by atoms with Gasteiger partial charge in [0.1, 0.15) is 5.78 Å². The van der Waals surface area contributed by atoms with Crippen LogP contribution >= 0.6 is 11.6 Å². The zero-order valence-corrected chi connectivity index (χ0v) is 7.90. The molecule has 1 aliphatic rings. The Labute approximate surface area is 81.9 Å². The summed E-state index contributed by atoms with van der Waals surface area (Å²) in [5, 5.41) is 3.89. The van der Waals surface area contributed by atoms with Gasteiger partial charge in [-0.1, -0.05) is 11.6 Å². The minimum Gasteiger partial charge on any atom is -0.384 e. The quantitative estimate of drug-likeness (QED) is 0.688. The van der Waals surface area contributed by atoms with Crippen LogP contribution in [0.15, 0.2) is 18.2 Å². The summed E-state index contributed by atoms with van der Waals surface area (Å²) in [5.74, 6) is 0.272. The van der Waals surface area contributed by atoms with Crippen molar-refractivity contribution in [2.75, 3.05) is 11.9 Å². The van der Waals surface area contributed by atoms with Gasteiger partial charge in [-0.25, -0.2) is 0 Å². The summed E-state index contributed by atoms with van der Waals surface area (Å²) in [5.41, 5.74) is 2.05. The summed E-state index contributed by atoms with van der Waals surface area (Å²) in [6, 6.07) is 5.62. The Morgan fingerprint density at radius 2 is 2.23 bits per heavy atom. The van der Waals surface area contributed by atoms with Gasteiger partial charge >= 0.3 is 0 Å². The second-order valence-electron chi connectivity index (χ2n) is 3.19. The molecule has 0 radical (unpaired) electrons. The van der Waals surface area contributed by atoms with Gasteiger partial charge in [0, 0.05) is 30.1 Å². The average Bonchev–Trinajstić information content (AvgIpc) is 2.25. The fourth-order valence-corrected chi connectivity index (χ4v) is 1.71. The maximum absolute atomic E-state index is 11.3. The summed E-state index contributed by atoms with van der Waals surface area (Å²) in [6.07, 6.45) is 1.11. The minimum absolute atomic E-state index is 0.272. The van der Waals surface area contributed by atoms with E-state index >= 15 is 0 Å². The molecule has 0 spiro atoms. The Balaban J connectivity index is 2.40. The summed E-state index contributed by atoms with van der Waals surface area (Å²) in [6.45, 7) is 0.730. The molecule has 0 aromatic heterocycles. The zero-order chi connectivity index (χ0) is 9.26. The van der Waals surface area contributed by atoms with Crippen LogP contribution < -0.4 is 5.32 Å².